The number of nitrogens with zero attached hydrogens (tertiary/aromatic N) is 3. The fourth-order valence-electron chi connectivity index (χ4n) is 4.23. The summed E-state index contributed by atoms with van der Waals surface area (Å²) in [5.74, 6) is 1.07. The molecule has 2 aromatic carbocycles. The Labute approximate surface area is 185 Å². The number of hydrogen-bond donors (Lipinski definition) is 1. The molecule has 5 aromatic rings. The summed E-state index contributed by atoms with van der Waals surface area (Å²) in [6.07, 6.45) is 1.97. The number of thiophene rings is 1. The minimum atomic E-state index is -0.303. The van der Waals surface area contributed by atoms with Crippen molar-refractivity contribution in [3.63, 3.8) is 0 Å². The molecule has 8 heteroatoms. The van der Waals surface area contributed by atoms with E-state index in [9.17, 15) is 14.3 Å². The van der Waals surface area contributed by atoms with Crippen molar-refractivity contribution in [2.75, 3.05) is 0 Å². The van der Waals surface area contributed by atoms with Gasteiger partial charge in [0.25, 0.3) is 5.56 Å². The number of aromatic hydroxyl groups is 1. The van der Waals surface area contributed by atoms with Gasteiger partial charge in [-0.15, -0.1) is 11.3 Å². The van der Waals surface area contributed by atoms with Gasteiger partial charge >= 0.3 is 0 Å². The lowest BCUT2D eigenvalue weighted by Gasteiger charge is -2.14. The molecule has 0 aliphatic heterocycles. The minimum absolute atomic E-state index is 0.115. The van der Waals surface area contributed by atoms with E-state index in [0.29, 0.717) is 31.9 Å². The maximum atomic E-state index is 14.1. The van der Waals surface area contributed by atoms with Crippen molar-refractivity contribution in [3.05, 3.63) is 75.7 Å². The van der Waals surface area contributed by atoms with Gasteiger partial charge in [-0.3, -0.25) is 9.36 Å². The molecule has 32 heavy (non-hydrogen) atoms. The van der Waals surface area contributed by atoms with Crippen molar-refractivity contribution in [2.45, 2.75) is 32.2 Å². The predicted octanol–water partition coefficient (Wildman–Crippen LogP) is 5.35. The molecule has 1 fully saturated rings. The van der Waals surface area contributed by atoms with Crippen LogP contribution in [-0.4, -0.2) is 19.8 Å². The summed E-state index contributed by atoms with van der Waals surface area (Å²) in [4.78, 5) is 19.2. The van der Waals surface area contributed by atoms with Crippen LogP contribution in [0.5, 0.6) is 5.75 Å². The molecular weight excluding hydrogens is 429 g/mol. The lowest BCUT2D eigenvalue weighted by molar-refractivity contribution is 0.372. The number of halogens is 1. The lowest BCUT2D eigenvalue weighted by Crippen LogP contribution is -2.24. The Hall–Kier alpha value is -3.52. The highest BCUT2D eigenvalue weighted by molar-refractivity contribution is 7.25. The molecule has 0 spiro atoms. The van der Waals surface area contributed by atoms with Gasteiger partial charge in [0.05, 0.1) is 22.3 Å². The number of phenolic OH excluding ortho intramolecular Hbond substituents is 1. The Kier molecular flexibility index (Phi) is 4.19. The maximum Gasteiger partial charge on any atom is 0.263 e. The van der Waals surface area contributed by atoms with Crippen LogP contribution in [0.3, 0.4) is 0 Å². The summed E-state index contributed by atoms with van der Waals surface area (Å²) in [6.45, 7) is 1.97. The van der Waals surface area contributed by atoms with E-state index >= 15 is 0 Å². The second-order valence-corrected chi connectivity index (χ2v) is 9.20. The first-order chi connectivity index (χ1) is 15.5. The molecule has 0 bridgehead atoms. The van der Waals surface area contributed by atoms with Crippen LogP contribution in [0.4, 0.5) is 4.39 Å². The Bertz CT molecular complexity index is 1580. The zero-order chi connectivity index (χ0) is 22.0. The monoisotopic (exact) mass is 447 g/mol. The molecule has 0 unspecified atom stereocenters. The van der Waals surface area contributed by atoms with Crippen LogP contribution < -0.4 is 5.56 Å². The zero-order valence-electron chi connectivity index (χ0n) is 17.1. The molecule has 3 aromatic heterocycles. The molecule has 0 amide bonds. The third-order valence-electron chi connectivity index (χ3n) is 5.86. The van der Waals surface area contributed by atoms with Crippen LogP contribution in [0.25, 0.3) is 31.7 Å². The second kappa shape index (κ2) is 7.00. The van der Waals surface area contributed by atoms with Gasteiger partial charge in [-0.25, -0.2) is 9.37 Å². The Morgan fingerprint density at radius 1 is 1.25 bits per heavy atom. The Balaban J connectivity index is 1.68. The number of phenols is 1. The van der Waals surface area contributed by atoms with E-state index < -0.39 is 0 Å². The lowest BCUT2D eigenvalue weighted by atomic mass is 10.0. The van der Waals surface area contributed by atoms with Crippen LogP contribution in [0, 0.1) is 12.7 Å². The van der Waals surface area contributed by atoms with Gasteiger partial charge in [0.1, 0.15) is 22.2 Å². The van der Waals surface area contributed by atoms with Gasteiger partial charge < -0.3 is 9.63 Å². The van der Waals surface area contributed by atoms with Gasteiger partial charge in [0.15, 0.2) is 5.76 Å². The van der Waals surface area contributed by atoms with Crippen molar-refractivity contribution in [1.29, 1.82) is 0 Å². The van der Waals surface area contributed by atoms with Gasteiger partial charge in [-0.05, 0) is 55.5 Å². The van der Waals surface area contributed by atoms with Gasteiger partial charge in [-0.2, -0.15) is 0 Å². The van der Waals surface area contributed by atoms with Crippen LogP contribution in [0.2, 0.25) is 0 Å². The van der Waals surface area contributed by atoms with E-state index in [1.54, 1.807) is 34.9 Å². The number of aryl methyl sites for hydroxylation is 1. The van der Waals surface area contributed by atoms with Crippen LogP contribution in [-0.2, 0) is 6.54 Å². The number of fused-ring (bicyclic) bond motifs is 3. The maximum absolute atomic E-state index is 14.1. The smallest absolute Gasteiger partial charge is 0.263 e. The molecule has 1 N–H and O–H groups in total. The summed E-state index contributed by atoms with van der Waals surface area (Å²) >= 11 is 1.28. The van der Waals surface area contributed by atoms with E-state index in [1.807, 2.05) is 13.0 Å². The predicted molar refractivity (Wildman–Crippen MR) is 121 cm³/mol. The molecular formula is C24H18FN3O3S. The van der Waals surface area contributed by atoms with Crippen LogP contribution in [0.15, 0.2) is 51.8 Å². The number of benzene rings is 2. The highest BCUT2D eigenvalue weighted by Gasteiger charge is 2.29. The first-order valence-electron chi connectivity index (χ1n) is 10.4. The molecule has 6 rings (SSSR count). The van der Waals surface area contributed by atoms with Crippen LogP contribution >= 0.6 is 11.3 Å². The quantitative estimate of drug-likeness (QED) is 0.402. The van der Waals surface area contributed by atoms with Crippen molar-refractivity contribution >= 4 is 31.6 Å². The first-order valence-corrected chi connectivity index (χ1v) is 11.2. The Morgan fingerprint density at radius 3 is 2.84 bits per heavy atom. The summed E-state index contributed by atoms with van der Waals surface area (Å²) < 4.78 is 21.7. The Morgan fingerprint density at radius 2 is 2.09 bits per heavy atom. The molecule has 1 aliphatic carbocycles. The summed E-state index contributed by atoms with van der Waals surface area (Å²) in [7, 11) is 0. The summed E-state index contributed by atoms with van der Waals surface area (Å²) in [6, 6.07) is 11.5. The van der Waals surface area contributed by atoms with Crippen LogP contribution in [0.1, 0.15) is 35.8 Å². The topological polar surface area (TPSA) is 81.1 Å². The largest absolute Gasteiger partial charge is 0.506 e. The first kappa shape index (κ1) is 19.2. The average molecular weight is 447 g/mol. The zero-order valence-corrected chi connectivity index (χ0v) is 17.9. The van der Waals surface area contributed by atoms with E-state index in [0.717, 1.165) is 29.7 Å². The normalized spacial score (nSPS) is 13.9. The molecule has 0 saturated heterocycles. The fraction of sp³-hybridized carbons (Fsp3) is 0.208. The molecule has 160 valence electrons. The number of rotatable bonds is 4. The molecule has 1 aliphatic rings. The SMILES string of the molecule is Cc1cc(Cn2c(-c3ccc(F)cc3C3CC3)nc3sc4c(O)cccc4c3c2=O)on1. The molecule has 3 heterocycles. The van der Waals surface area contributed by atoms with Crippen molar-refractivity contribution < 1.29 is 14.0 Å². The number of aromatic nitrogens is 3. The third kappa shape index (κ3) is 3.02. The summed E-state index contributed by atoms with van der Waals surface area (Å²) in [5.41, 5.74) is 2.09. The van der Waals surface area contributed by atoms with Gasteiger partial charge in [-0.1, -0.05) is 17.3 Å². The van der Waals surface area contributed by atoms with Crippen molar-refractivity contribution in [1.82, 2.24) is 14.7 Å². The minimum Gasteiger partial charge on any atom is -0.506 e. The van der Waals surface area contributed by atoms with E-state index in [4.69, 9.17) is 9.51 Å². The van der Waals surface area contributed by atoms with E-state index in [1.165, 1.54) is 17.4 Å². The standard InChI is InChI=1S/C24H18FN3O3S/c1-12-9-15(31-27-12)11-28-22(16-8-7-14(25)10-18(16)13-5-6-13)26-23-20(24(28)30)17-3-2-4-19(29)21(17)32-23/h2-4,7-10,13,29H,5-6,11H2,1H3. The molecule has 1 saturated carbocycles. The van der Waals surface area contributed by atoms with Crippen molar-refractivity contribution in [3.8, 4) is 17.1 Å². The third-order valence-corrected chi connectivity index (χ3v) is 6.98. The highest BCUT2D eigenvalue weighted by atomic mass is 32.1. The van der Waals surface area contributed by atoms with Crippen molar-refractivity contribution in [2.24, 2.45) is 0 Å². The fourth-order valence-corrected chi connectivity index (χ4v) is 5.31. The number of hydrogen-bond acceptors (Lipinski definition) is 6. The van der Waals surface area contributed by atoms with Gasteiger partial charge in [0, 0.05) is 17.0 Å². The molecule has 0 atom stereocenters. The molecule has 6 nitrogen and oxygen atoms in total. The molecule has 0 radical (unpaired) electrons. The van der Waals surface area contributed by atoms with E-state index in [2.05, 4.69) is 5.16 Å². The summed E-state index contributed by atoms with van der Waals surface area (Å²) in [5, 5.41) is 15.4. The van der Waals surface area contributed by atoms with E-state index in [-0.39, 0.29) is 29.6 Å². The second-order valence-electron chi connectivity index (χ2n) is 8.20. The highest BCUT2D eigenvalue weighted by Crippen LogP contribution is 2.45. The van der Waals surface area contributed by atoms with Gasteiger partial charge in [0.2, 0.25) is 0 Å². The average Bonchev–Trinajstić information content (AvgIpc) is 3.43.